The van der Waals surface area contributed by atoms with E-state index in [-0.39, 0.29) is 5.75 Å². The van der Waals surface area contributed by atoms with Crippen LogP contribution in [0.3, 0.4) is 0 Å². The van der Waals surface area contributed by atoms with Gasteiger partial charge in [0.2, 0.25) is 0 Å². The minimum atomic E-state index is -4.59. The lowest BCUT2D eigenvalue weighted by atomic mass is 10.3. The third kappa shape index (κ3) is 3.32. The molecule has 0 amide bonds. The highest BCUT2D eigenvalue weighted by Crippen LogP contribution is 2.32. The molecule has 8 heteroatoms. The Kier molecular flexibility index (Phi) is 4.03. The van der Waals surface area contributed by atoms with Gasteiger partial charge in [0.1, 0.15) is 0 Å². The van der Waals surface area contributed by atoms with Gasteiger partial charge in [-0.3, -0.25) is 0 Å². The Balaban J connectivity index is 3.24. The molecular formula is C9H9ClF3NO2S. The summed E-state index contributed by atoms with van der Waals surface area (Å²) in [6.45, 7) is 1.63. The van der Waals surface area contributed by atoms with Gasteiger partial charge in [0.25, 0.3) is 0 Å². The number of halogens is 4. The Hall–Kier alpha value is -0.820. The van der Waals surface area contributed by atoms with E-state index in [4.69, 9.17) is 11.6 Å². The lowest BCUT2D eigenvalue weighted by Crippen LogP contribution is -2.11. The number of alkyl halides is 3. The minimum Gasteiger partial charge on any atom is -0.243 e. The second-order valence-corrected chi connectivity index (χ2v) is 5.76. The fraction of sp³-hybridized carbons (Fsp3) is 0.444. The predicted molar refractivity (Wildman–Crippen MR) is 56.6 cm³/mol. The summed E-state index contributed by atoms with van der Waals surface area (Å²) < 4.78 is 60.1. The molecule has 0 unspecified atom stereocenters. The van der Waals surface area contributed by atoms with Crippen LogP contribution in [-0.4, -0.2) is 19.2 Å². The van der Waals surface area contributed by atoms with Gasteiger partial charge >= 0.3 is 6.18 Å². The van der Waals surface area contributed by atoms with E-state index in [9.17, 15) is 21.6 Å². The molecule has 3 nitrogen and oxygen atoms in total. The Labute approximate surface area is 102 Å². The molecule has 0 aliphatic carbocycles. The first-order valence-electron chi connectivity index (χ1n) is 4.64. The second-order valence-electron chi connectivity index (χ2n) is 3.33. The van der Waals surface area contributed by atoms with Gasteiger partial charge in [0, 0.05) is 6.20 Å². The van der Waals surface area contributed by atoms with Crippen molar-refractivity contribution in [1.82, 2.24) is 4.98 Å². The normalized spacial score (nSPS) is 12.8. The maximum Gasteiger partial charge on any atom is 0.417 e. The van der Waals surface area contributed by atoms with E-state index in [2.05, 4.69) is 4.98 Å². The zero-order valence-electron chi connectivity index (χ0n) is 8.75. The van der Waals surface area contributed by atoms with Crippen LogP contribution >= 0.6 is 11.6 Å². The van der Waals surface area contributed by atoms with E-state index in [0.29, 0.717) is 18.7 Å². The summed E-state index contributed by atoms with van der Waals surface area (Å²) >= 11 is 5.51. The SMILES string of the molecule is CCCS(=O)(=O)c1ncc(C(F)(F)F)cc1Cl. The Bertz CT molecular complexity index is 513. The van der Waals surface area contributed by atoms with Crippen LogP contribution in [-0.2, 0) is 16.0 Å². The van der Waals surface area contributed by atoms with Crippen LogP contribution in [0.25, 0.3) is 0 Å². The number of sulfone groups is 1. The van der Waals surface area contributed by atoms with Crippen molar-refractivity contribution in [1.29, 1.82) is 0 Å². The Morgan fingerprint density at radius 3 is 2.41 bits per heavy atom. The van der Waals surface area contributed by atoms with Gasteiger partial charge < -0.3 is 0 Å². The topological polar surface area (TPSA) is 47.0 Å². The molecule has 0 aromatic carbocycles. The van der Waals surface area contributed by atoms with Crippen molar-refractivity contribution in [3.05, 3.63) is 22.8 Å². The summed E-state index contributed by atoms with van der Waals surface area (Å²) in [6, 6.07) is 0.567. The standard InChI is InChI=1S/C9H9ClF3NO2S/c1-2-3-17(15,16)8-7(10)4-6(5-14-8)9(11,12)13/h4-5H,2-3H2,1H3. The molecule has 0 saturated heterocycles. The van der Waals surface area contributed by atoms with Crippen molar-refractivity contribution in [3.63, 3.8) is 0 Å². The lowest BCUT2D eigenvalue weighted by molar-refractivity contribution is -0.137. The van der Waals surface area contributed by atoms with Gasteiger partial charge in [-0.05, 0) is 12.5 Å². The number of hydrogen-bond donors (Lipinski definition) is 0. The number of nitrogens with zero attached hydrogens (tertiary/aromatic N) is 1. The molecular weight excluding hydrogens is 279 g/mol. The van der Waals surface area contributed by atoms with E-state index in [1.807, 2.05) is 0 Å². The molecule has 0 aliphatic rings. The molecule has 0 saturated carbocycles. The van der Waals surface area contributed by atoms with Crippen molar-refractivity contribution < 1.29 is 21.6 Å². The number of aromatic nitrogens is 1. The van der Waals surface area contributed by atoms with Crippen molar-refractivity contribution in [2.24, 2.45) is 0 Å². The number of hydrogen-bond acceptors (Lipinski definition) is 3. The van der Waals surface area contributed by atoms with Crippen LogP contribution in [0.1, 0.15) is 18.9 Å². The molecule has 96 valence electrons. The molecule has 1 aromatic rings. The maximum absolute atomic E-state index is 12.3. The van der Waals surface area contributed by atoms with E-state index in [0.717, 1.165) is 0 Å². The fourth-order valence-electron chi connectivity index (χ4n) is 1.17. The van der Waals surface area contributed by atoms with Gasteiger partial charge in [0.05, 0.1) is 16.3 Å². The van der Waals surface area contributed by atoms with Crippen LogP contribution in [0.15, 0.2) is 17.3 Å². The largest absolute Gasteiger partial charge is 0.417 e. The van der Waals surface area contributed by atoms with Gasteiger partial charge in [-0.1, -0.05) is 18.5 Å². The summed E-state index contributed by atoms with van der Waals surface area (Å²) in [5.41, 5.74) is -1.07. The molecule has 0 N–H and O–H groups in total. The monoisotopic (exact) mass is 287 g/mol. The minimum absolute atomic E-state index is 0.203. The summed E-state index contributed by atoms with van der Waals surface area (Å²) in [6.07, 6.45) is -3.79. The zero-order chi connectivity index (χ0) is 13.3. The van der Waals surface area contributed by atoms with E-state index < -0.39 is 31.6 Å². The van der Waals surface area contributed by atoms with Crippen LogP contribution in [0.2, 0.25) is 5.02 Å². The van der Waals surface area contributed by atoms with Crippen LogP contribution in [0.5, 0.6) is 0 Å². The first-order valence-corrected chi connectivity index (χ1v) is 6.67. The molecule has 17 heavy (non-hydrogen) atoms. The highest BCUT2D eigenvalue weighted by molar-refractivity contribution is 7.91. The van der Waals surface area contributed by atoms with Crippen LogP contribution in [0.4, 0.5) is 13.2 Å². The van der Waals surface area contributed by atoms with Crippen molar-refractivity contribution in [2.75, 3.05) is 5.75 Å². The first kappa shape index (κ1) is 14.2. The summed E-state index contributed by atoms with van der Waals surface area (Å²) in [7, 11) is -3.71. The molecule has 1 aromatic heterocycles. The zero-order valence-corrected chi connectivity index (χ0v) is 10.3. The summed E-state index contributed by atoms with van der Waals surface area (Å²) in [4.78, 5) is 3.30. The van der Waals surface area contributed by atoms with Gasteiger partial charge in [0.15, 0.2) is 14.9 Å². The Morgan fingerprint density at radius 2 is 2.00 bits per heavy atom. The highest BCUT2D eigenvalue weighted by Gasteiger charge is 2.32. The predicted octanol–water partition coefficient (Wildman–Crippen LogP) is 2.94. The average Bonchev–Trinajstić information content (AvgIpc) is 2.15. The molecule has 0 spiro atoms. The van der Waals surface area contributed by atoms with Crippen LogP contribution in [0, 0.1) is 0 Å². The number of pyridine rings is 1. The van der Waals surface area contributed by atoms with Crippen molar-refractivity contribution in [2.45, 2.75) is 24.5 Å². The van der Waals surface area contributed by atoms with Gasteiger partial charge in [-0.15, -0.1) is 0 Å². The molecule has 1 rings (SSSR count). The molecule has 0 radical (unpaired) electrons. The van der Waals surface area contributed by atoms with Crippen molar-refractivity contribution in [3.8, 4) is 0 Å². The summed E-state index contributed by atoms with van der Waals surface area (Å²) in [5.74, 6) is -0.203. The fourth-order valence-corrected chi connectivity index (χ4v) is 2.99. The van der Waals surface area contributed by atoms with E-state index in [1.165, 1.54) is 0 Å². The quantitative estimate of drug-likeness (QED) is 0.859. The third-order valence-electron chi connectivity index (χ3n) is 1.90. The lowest BCUT2D eigenvalue weighted by Gasteiger charge is -2.09. The molecule has 0 bridgehead atoms. The van der Waals surface area contributed by atoms with Crippen molar-refractivity contribution >= 4 is 21.4 Å². The number of rotatable bonds is 3. The van der Waals surface area contributed by atoms with Gasteiger partial charge in [-0.2, -0.15) is 13.2 Å². The third-order valence-corrected chi connectivity index (χ3v) is 4.16. The summed E-state index contributed by atoms with van der Waals surface area (Å²) in [5, 5.41) is -1.01. The smallest absolute Gasteiger partial charge is 0.243 e. The van der Waals surface area contributed by atoms with E-state index in [1.54, 1.807) is 6.92 Å². The second kappa shape index (κ2) is 4.81. The highest BCUT2D eigenvalue weighted by atomic mass is 35.5. The van der Waals surface area contributed by atoms with Gasteiger partial charge in [-0.25, -0.2) is 13.4 Å². The average molecular weight is 288 g/mol. The molecule has 1 heterocycles. The molecule has 0 atom stereocenters. The maximum atomic E-state index is 12.3. The van der Waals surface area contributed by atoms with E-state index >= 15 is 0 Å². The van der Waals surface area contributed by atoms with Crippen LogP contribution < -0.4 is 0 Å². The molecule has 0 aliphatic heterocycles. The Morgan fingerprint density at radius 1 is 1.41 bits per heavy atom. The molecule has 0 fully saturated rings. The first-order chi connectivity index (χ1) is 7.68.